The van der Waals surface area contributed by atoms with E-state index in [1.165, 1.54) is 4.40 Å². The standard InChI is InChI=1S/C12H14N6O2S/c1-17-9(5-6-14-17)8-15-21(19,20)12-11(13)16-10-4-2-3-7-18(10)12/h2-7,15H,8,13H2,1H3. The molecule has 0 saturated carbocycles. The molecule has 3 heterocycles. The molecule has 110 valence electrons. The van der Waals surface area contributed by atoms with Gasteiger partial charge in [-0.3, -0.25) is 9.08 Å². The van der Waals surface area contributed by atoms with Gasteiger partial charge in [-0.05, 0) is 18.2 Å². The predicted molar refractivity (Wildman–Crippen MR) is 76.8 cm³/mol. The van der Waals surface area contributed by atoms with E-state index < -0.39 is 10.0 Å². The lowest BCUT2D eigenvalue weighted by molar-refractivity contribution is 0.573. The fraction of sp³-hybridized carbons (Fsp3) is 0.167. The van der Waals surface area contributed by atoms with E-state index in [-0.39, 0.29) is 17.4 Å². The molecular formula is C12H14N6O2S. The Hall–Kier alpha value is -2.39. The van der Waals surface area contributed by atoms with E-state index in [2.05, 4.69) is 14.8 Å². The van der Waals surface area contributed by atoms with E-state index in [0.717, 1.165) is 5.69 Å². The monoisotopic (exact) mass is 306 g/mol. The van der Waals surface area contributed by atoms with Crippen molar-refractivity contribution in [1.82, 2.24) is 23.9 Å². The second kappa shape index (κ2) is 4.86. The highest BCUT2D eigenvalue weighted by Gasteiger charge is 2.23. The molecule has 0 unspecified atom stereocenters. The van der Waals surface area contributed by atoms with E-state index in [0.29, 0.717) is 5.65 Å². The van der Waals surface area contributed by atoms with Crippen LogP contribution in [0.25, 0.3) is 5.65 Å². The second-order valence-corrected chi connectivity index (χ2v) is 6.18. The predicted octanol–water partition coefficient (Wildman–Crippen LogP) is 0.128. The smallest absolute Gasteiger partial charge is 0.260 e. The van der Waals surface area contributed by atoms with Crippen LogP contribution < -0.4 is 10.5 Å². The van der Waals surface area contributed by atoms with Crippen LogP contribution in [-0.4, -0.2) is 27.6 Å². The number of imidazole rings is 1. The van der Waals surface area contributed by atoms with Gasteiger partial charge in [-0.25, -0.2) is 18.1 Å². The molecule has 0 fully saturated rings. The topological polar surface area (TPSA) is 107 Å². The highest BCUT2D eigenvalue weighted by atomic mass is 32.2. The van der Waals surface area contributed by atoms with Crippen LogP contribution in [0.15, 0.2) is 41.7 Å². The Balaban J connectivity index is 1.97. The molecule has 0 saturated heterocycles. The minimum absolute atomic E-state index is 0.0290. The van der Waals surface area contributed by atoms with Crippen LogP contribution >= 0.6 is 0 Å². The summed E-state index contributed by atoms with van der Waals surface area (Å²) in [7, 11) is -2.04. The SMILES string of the molecule is Cn1nccc1CNS(=O)(=O)c1c(N)nc2ccccn12. The van der Waals surface area contributed by atoms with Gasteiger partial charge in [0.15, 0.2) is 10.8 Å². The molecule has 3 rings (SSSR count). The van der Waals surface area contributed by atoms with E-state index in [1.54, 1.807) is 48.4 Å². The zero-order valence-corrected chi connectivity index (χ0v) is 12.1. The molecular weight excluding hydrogens is 292 g/mol. The van der Waals surface area contributed by atoms with Gasteiger partial charge in [0.05, 0.1) is 12.2 Å². The Morgan fingerprint density at radius 1 is 1.33 bits per heavy atom. The molecule has 8 nitrogen and oxygen atoms in total. The van der Waals surface area contributed by atoms with Gasteiger partial charge in [-0.15, -0.1) is 0 Å². The summed E-state index contributed by atoms with van der Waals surface area (Å²) in [4.78, 5) is 4.05. The summed E-state index contributed by atoms with van der Waals surface area (Å²) < 4.78 is 30.5. The van der Waals surface area contributed by atoms with Crippen LogP contribution in [0.4, 0.5) is 5.82 Å². The normalized spacial score (nSPS) is 12.0. The lowest BCUT2D eigenvalue weighted by Crippen LogP contribution is -2.26. The molecule has 0 radical (unpaired) electrons. The number of fused-ring (bicyclic) bond motifs is 1. The molecule has 0 aliphatic rings. The molecule has 0 atom stereocenters. The highest BCUT2D eigenvalue weighted by Crippen LogP contribution is 2.19. The number of nitrogens with two attached hydrogens (primary N) is 1. The summed E-state index contributed by atoms with van der Waals surface area (Å²) in [5.41, 5.74) is 6.97. The van der Waals surface area contributed by atoms with Gasteiger partial charge in [0.1, 0.15) is 5.65 Å². The number of sulfonamides is 1. The van der Waals surface area contributed by atoms with Crippen LogP contribution in [-0.2, 0) is 23.6 Å². The molecule has 3 aromatic rings. The van der Waals surface area contributed by atoms with E-state index in [1.807, 2.05) is 0 Å². The molecule has 3 aromatic heterocycles. The number of rotatable bonds is 4. The minimum Gasteiger partial charge on any atom is -0.381 e. The van der Waals surface area contributed by atoms with Gasteiger partial charge >= 0.3 is 0 Å². The van der Waals surface area contributed by atoms with E-state index in [9.17, 15) is 8.42 Å². The number of hydrogen-bond donors (Lipinski definition) is 2. The summed E-state index contributed by atoms with van der Waals surface area (Å²) in [6.07, 6.45) is 3.21. The number of nitrogen functional groups attached to an aromatic ring is 1. The fourth-order valence-electron chi connectivity index (χ4n) is 2.07. The van der Waals surface area contributed by atoms with Crippen molar-refractivity contribution in [2.75, 3.05) is 5.73 Å². The first kappa shape index (κ1) is 13.6. The molecule has 0 aliphatic carbocycles. The third kappa shape index (κ3) is 2.36. The molecule has 0 aromatic carbocycles. The molecule has 21 heavy (non-hydrogen) atoms. The Labute approximate surface area is 121 Å². The van der Waals surface area contributed by atoms with Gasteiger partial charge in [-0.1, -0.05) is 6.07 Å². The summed E-state index contributed by atoms with van der Waals surface area (Å²) in [6, 6.07) is 6.91. The van der Waals surface area contributed by atoms with Gasteiger partial charge in [0.2, 0.25) is 0 Å². The molecule has 0 spiro atoms. The van der Waals surface area contributed by atoms with Crippen LogP contribution in [0.1, 0.15) is 5.69 Å². The average Bonchev–Trinajstić information content (AvgIpc) is 2.99. The lowest BCUT2D eigenvalue weighted by Gasteiger charge is -2.07. The van der Waals surface area contributed by atoms with Crippen molar-refractivity contribution in [1.29, 1.82) is 0 Å². The Morgan fingerprint density at radius 3 is 2.86 bits per heavy atom. The Kier molecular flexibility index (Phi) is 3.15. The van der Waals surface area contributed by atoms with Crippen molar-refractivity contribution < 1.29 is 8.42 Å². The molecule has 9 heteroatoms. The van der Waals surface area contributed by atoms with Crippen LogP contribution in [0.5, 0.6) is 0 Å². The first-order chi connectivity index (χ1) is 9.99. The van der Waals surface area contributed by atoms with Crippen molar-refractivity contribution in [2.24, 2.45) is 7.05 Å². The minimum atomic E-state index is -3.78. The maximum Gasteiger partial charge on any atom is 0.260 e. The molecule has 0 amide bonds. The van der Waals surface area contributed by atoms with E-state index in [4.69, 9.17) is 5.73 Å². The first-order valence-corrected chi connectivity index (χ1v) is 7.66. The number of anilines is 1. The van der Waals surface area contributed by atoms with E-state index >= 15 is 0 Å². The lowest BCUT2D eigenvalue weighted by atomic mass is 10.4. The number of aromatic nitrogens is 4. The summed E-state index contributed by atoms with van der Waals surface area (Å²) in [5.74, 6) is -0.0290. The summed E-state index contributed by atoms with van der Waals surface area (Å²) >= 11 is 0. The molecule has 3 N–H and O–H groups in total. The Bertz CT molecular complexity index is 896. The fourth-order valence-corrected chi connectivity index (χ4v) is 3.28. The first-order valence-electron chi connectivity index (χ1n) is 6.18. The van der Waals surface area contributed by atoms with Gasteiger partial charge in [0, 0.05) is 19.4 Å². The summed E-state index contributed by atoms with van der Waals surface area (Å²) in [6.45, 7) is 0.123. The summed E-state index contributed by atoms with van der Waals surface area (Å²) in [5, 5.41) is 3.93. The maximum atomic E-state index is 12.5. The number of nitrogens with zero attached hydrogens (tertiary/aromatic N) is 4. The van der Waals surface area contributed by atoms with Crippen molar-refractivity contribution >= 4 is 21.5 Å². The zero-order chi connectivity index (χ0) is 15.0. The van der Waals surface area contributed by atoms with Gasteiger partial charge < -0.3 is 5.73 Å². The number of hydrogen-bond acceptors (Lipinski definition) is 5. The van der Waals surface area contributed by atoms with Gasteiger partial charge in [0.25, 0.3) is 10.0 Å². The van der Waals surface area contributed by atoms with Crippen LogP contribution in [0.3, 0.4) is 0 Å². The second-order valence-electron chi connectivity index (χ2n) is 4.50. The average molecular weight is 306 g/mol. The van der Waals surface area contributed by atoms with Crippen molar-refractivity contribution in [2.45, 2.75) is 11.6 Å². The quantitative estimate of drug-likeness (QED) is 0.712. The molecule has 0 aliphatic heterocycles. The molecule has 0 bridgehead atoms. The zero-order valence-electron chi connectivity index (χ0n) is 11.3. The van der Waals surface area contributed by atoms with Gasteiger partial charge in [-0.2, -0.15) is 5.10 Å². The third-order valence-corrected chi connectivity index (χ3v) is 4.57. The Morgan fingerprint density at radius 2 is 2.14 bits per heavy atom. The van der Waals surface area contributed by atoms with Crippen molar-refractivity contribution in [3.8, 4) is 0 Å². The maximum absolute atomic E-state index is 12.5. The number of nitrogens with one attached hydrogen (secondary N) is 1. The van der Waals surface area contributed by atoms with Crippen LogP contribution in [0, 0.1) is 0 Å². The largest absolute Gasteiger partial charge is 0.381 e. The van der Waals surface area contributed by atoms with Crippen LogP contribution in [0.2, 0.25) is 0 Å². The number of aryl methyl sites for hydroxylation is 1. The van der Waals surface area contributed by atoms with Crippen molar-refractivity contribution in [3.63, 3.8) is 0 Å². The van der Waals surface area contributed by atoms with Crippen molar-refractivity contribution in [3.05, 3.63) is 42.4 Å². The third-order valence-electron chi connectivity index (χ3n) is 3.13. The highest BCUT2D eigenvalue weighted by molar-refractivity contribution is 7.89. The number of pyridine rings is 1.